The lowest BCUT2D eigenvalue weighted by Gasteiger charge is -2.31. The third-order valence-corrected chi connectivity index (χ3v) is 4.51. The normalized spacial score (nSPS) is 17.3. The molecule has 134 valence electrons. The first-order valence-corrected chi connectivity index (χ1v) is 9.39. The van der Waals surface area contributed by atoms with Crippen LogP contribution in [-0.2, 0) is 6.54 Å². The number of guanidine groups is 1. The van der Waals surface area contributed by atoms with Gasteiger partial charge in [0.25, 0.3) is 0 Å². The molecule has 0 bridgehead atoms. The summed E-state index contributed by atoms with van der Waals surface area (Å²) in [6.07, 6.45) is 2.49. The van der Waals surface area contributed by atoms with Crippen molar-refractivity contribution in [2.75, 3.05) is 26.2 Å². The summed E-state index contributed by atoms with van der Waals surface area (Å²) in [6.45, 7) is 13.8. The van der Waals surface area contributed by atoms with Crippen molar-refractivity contribution in [1.29, 1.82) is 0 Å². The Balaban J connectivity index is 1.76. The highest BCUT2D eigenvalue weighted by atomic mass is 15.2. The third kappa shape index (κ3) is 6.52. The van der Waals surface area contributed by atoms with E-state index in [0.29, 0.717) is 12.0 Å². The molecule has 0 radical (unpaired) electrons. The molecular weight excluding hydrogens is 296 g/mol. The van der Waals surface area contributed by atoms with E-state index >= 15 is 0 Å². The highest BCUT2D eigenvalue weighted by molar-refractivity contribution is 5.79. The largest absolute Gasteiger partial charge is 0.357 e. The Labute approximate surface area is 147 Å². The lowest BCUT2D eigenvalue weighted by molar-refractivity contribution is 0.180. The minimum atomic E-state index is 0.416. The maximum Gasteiger partial charge on any atom is 0.191 e. The number of benzene rings is 1. The Morgan fingerprint density at radius 3 is 2.46 bits per heavy atom. The van der Waals surface area contributed by atoms with Gasteiger partial charge in [-0.15, -0.1) is 0 Å². The van der Waals surface area contributed by atoms with Crippen molar-refractivity contribution in [3.05, 3.63) is 35.4 Å². The van der Waals surface area contributed by atoms with Gasteiger partial charge in [0, 0.05) is 25.7 Å². The molecule has 2 rings (SSSR count). The molecule has 1 heterocycles. The summed E-state index contributed by atoms with van der Waals surface area (Å²) < 4.78 is 0. The number of rotatable bonds is 6. The zero-order valence-electron chi connectivity index (χ0n) is 15.8. The fourth-order valence-corrected chi connectivity index (χ4v) is 3.09. The smallest absolute Gasteiger partial charge is 0.191 e. The van der Waals surface area contributed by atoms with Gasteiger partial charge in [0.2, 0.25) is 0 Å². The average molecular weight is 331 g/mol. The second-order valence-corrected chi connectivity index (χ2v) is 7.22. The molecule has 1 saturated heterocycles. The van der Waals surface area contributed by atoms with Gasteiger partial charge >= 0.3 is 0 Å². The molecule has 2 N–H and O–H groups in total. The second-order valence-electron chi connectivity index (χ2n) is 7.22. The summed E-state index contributed by atoms with van der Waals surface area (Å²) in [6, 6.07) is 9.35. The summed E-state index contributed by atoms with van der Waals surface area (Å²) in [5, 5.41) is 6.72. The van der Waals surface area contributed by atoms with Crippen LogP contribution in [0.4, 0.5) is 0 Å². The van der Waals surface area contributed by atoms with Gasteiger partial charge in [0.05, 0.1) is 0 Å². The van der Waals surface area contributed by atoms with Crippen LogP contribution in [0.5, 0.6) is 0 Å². The van der Waals surface area contributed by atoms with E-state index in [4.69, 9.17) is 4.99 Å². The van der Waals surface area contributed by atoms with Crippen molar-refractivity contribution < 1.29 is 0 Å². The van der Waals surface area contributed by atoms with Crippen molar-refractivity contribution in [2.24, 2.45) is 10.9 Å². The minimum absolute atomic E-state index is 0.416. The van der Waals surface area contributed by atoms with Crippen LogP contribution >= 0.6 is 0 Å². The second kappa shape index (κ2) is 9.67. The summed E-state index contributed by atoms with van der Waals surface area (Å²) in [5.41, 5.74) is 2.76. The Bertz CT molecular complexity index is 499. The summed E-state index contributed by atoms with van der Waals surface area (Å²) in [7, 11) is 0. The van der Waals surface area contributed by atoms with Gasteiger partial charge in [-0.3, -0.25) is 9.89 Å². The highest BCUT2D eigenvalue weighted by Crippen LogP contribution is 2.19. The molecule has 1 fully saturated rings. The van der Waals surface area contributed by atoms with Crippen LogP contribution in [0.15, 0.2) is 29.3 Å². The number of hydrogen-bond acceptors (Lipinski definition) is 2. The summed E-state index contributed by atoms with van der Waals surface area (Å²) in [4.78, 5) is 7.34. The van der Waals surface area contributed by atoms with Gasteiger partial charge in [0.15, 0.2) is 5.96 Å². The number of nitrogens with one attached hydrogen (secondary N) is 2. The number of likely N-dealkylation sites (tertiary alicyclic amines) is 1. The number of aryl methyl sites for hydroxylation is 1. The third-order valence-electron chi connectivity index (χ3n) is 4.51. The fourth-order valence-electron chi connectivity index (χ4n) is 3.09. The Hall–Kier alpha value is -1.55. The van der Waals surface area contributed by atoms with Crippen molar-refractivity contribution >= 4 is 5.96 Å². The van der Waals surface area contributed by atoms with Crippen molar-refractivity contribution in [1.82, 2.24) is 15.5 Å². The predicted octanol–water partition coefficient (Wildman–Crippen LogP) is 3.17. The van der Waals surface area contributed by atoms with E-state index in [1.807, 2.05) is 0 Å². The first-order valence-electron chi connectivity index (χ1n) is 9.39. The van der Waals surface area contributed by atoms with Gasteiger partial charge < -0.3 is 10.6 Å². The molecular formula is C20H34N4. The lowest BCUT2D eigenvalue weighted by Crippen LogP contribution is -2.41. The van der Waals surface area contributed by atoms with Crippen LogP contribution in [0, 0.1) is 12.8 Å². The van der Waals surface area contributed by atoms with E-state index in [2.05, 4.69) is 67.5 Å². The number of piperidine rings is 1. The quantitative estimate of drug-likeness (QED) is 0.622. The Morgan fingerprint density at radius 2 is 1.88 bits per heavy atom. The monoisotopic (exact) mass is 330 g/mol. The van der Waals surface area contributed by atoms with E-state index in [0.717, 1.165) is 25.6 Å². The summed E-state index contributed by atoms with van der Waals surface area (Å²) in [5.74, 6) is 1.66. The summed E-state index contributed by atoms with van der Waals surface area (Å²) >= 11 is 0. The SMILES string of the molecule is CCNC(=NCC1CCN(Cc2ccc(C)cc2)CC1)NC(C)C. The highest BCUT2D eigenvalue weighted by Gasteiger charge is 2.19. The zero-order valence-corrected chi connectivity index (χ0v) is 15.8. The molecule has 1 aromatic rings. The van der Waals surface area contributed by atoms with Crippen LogP contribution in [0.1, 0.15) is 44.7 Å². The van der Waals surface area contributed by atoms with E-state index in [9.17, 15) is 0 Å². The Kier molecular flexibility index (Phi) is 7.57. The van der Waals surface area contributed by atoms with Gasteiger partial charge in [-0.25, -0.2) is 0 Å². The zero-order chi connectivity index (χ0) is 17.4. The van der Waals surface area contributed by atoms with Gasteiger partial charge in [-0.2, -0.15) is 0 Å². The molecule has 1 aromatic carbocycles. The minimum Gasteiger partial charge on any atom is -0.357 e. The molecule has 0 amide bonds. The van der Waals surface area contributed by atoms with Crippen LogP contribution in [0.2, 0.25) is 0 Å². The van der Waals surface area contributed by atoms with Gasteiger partial charge in [-0.1, -0.05) is 29.8 Å². The fraction of sp³-hybridized carbons (Fsp3) is 0.650. The topological polar surface area (TPSA) is 39.7 Å². The van der Waals surface area contributed by atoms with Gasteiger partial charge in [-0.05, 0) is 65.1 Å². The van der Waals surface area contributed by atoms with Crippen LogP contribution in [0.25, 0.3) is 0 Å². The van der Waals surface area contributed by atoms with Crippen LogP contribution in [-0.4, -0.2) is 43.1 Å². The molecule has 0 aliphatic carbocycles. The van der Waals surface area contributed by atoms with E-state index < -0.39 is 0 Å². The molecule has 1 aliphatic rings. The maximum atomic E-state index is 4.77. The molecule has 4 nitrogen and oxygen atoms in total. The van der Waals surface area contributed by atoms with E-state index in [1.54, 1.807) is 0 Å². The molecule has 1 aliphatic heterocycles. The first kappa shape index (κ1) is 18.8. The standard InChI is InChI=1S/C20H34N4/c1-5-21-20(23-16(2)3)22-14-18-10-12-24(13-11-18)15-19-8-6-17(4)7-9-19/h6-9,16,18H,5,10-15H2,1-4H3,(H2,21,22,23). The van der Waals surface area contributed by atoms with E-state index in [-0.39, 0.29) is 0 Å². The van der Waals surface area contributed by atoms with Gasteiger partial charge in [0.1, 0.15) is 0 Å². The van der Waals surface area contributed by atoms with Crippen LogP contribution in [0.3, 0.4) is 0 Å². The average Bonchev–Trinajstić information content (AvgIpc) is 2.56. The maximum absolute atomic E-state index is 4.77. The Morgan fingerprint density at radius 1 is 1.21 bits per heavy atom. The lowest BCUT2D eigenvalue weighted by atomic mass is 9.96. The number of nitrogens with zero attached hydrogens (tertiary/aromatic N) is 2. The molecule has 0 unspecified atom stereocenters. The molecule has 0 atom stereocenters. The molecule has 0 spiro atoms. The van der Waals surface area contributed by atoms with Crippen molar-refractivity contribution in [3.8, 4) is 0 Å². The molecule has 24 heavy (non-hydrogen) atoms. The predicted molar refractivity (Wildman–Crippen MR) is 103 cm³/mol. The van der Waals surface area contributed by atoms with Crippen LogP contribution < -0.4 is 10.6 Å². The first-order chi connectivity index (χ1) is 11.6. The molecule has 0 aromatic heterocycles. The molecule has 0 saturated carbocycles. The number of aliphatic imine (C=N–C) groups is 1. The van der Waals surface area contributed by atoms with Crippen molar-refractivity contribution in [2.45, 2.75) is 53.1 Å². The molecule has 4 heteroatoms. The van der Waals surface area contributed by atoms with Crippen molar-refractivity contribution in [3.63, 3.8) is 0 Å². The number of hydrogen-bond donors (Lipinski definition) is 2. The van der Waals surface area contributed by atoms with E-state index in [1.165, 1.54) is 37.1 Å².